The largest absolute Gasteiger partial charge is 0.354 e. The van der Waals surface area contributed by atoms with Gasteiger partial charge in [-0.1, -0.05) is 60.7 Å². The number of likely N-dealkylation sites (tertiary alicyclic amines) is 1. The molecule has 0 saturated carbocycles. The Morgan fingerprint density at radius 3 is 2.37 bits per heavy atom. The van der Waals surface area contributed by atoms with Gasteiger partial charge in [-0.05, 0) is 24.1 Å². The molecule has 6 nitrogen and oxygen atoms in total. The minimum Gasteiger partial charge on any atom is -0.354 e. The van der Waals surface area contributed by atoms with Gasteiger partial charge in [-0.15, -0.1) is 0 Å². The number of hydrogen-bond donors (Lipinski definition) is 2. The standard InChI is InChI=1S/C24H27N3O3/c1-18(20-10-6-3-7-11-20)27-17-21(16-23(27)29)24(30)26-15-14-25-22(28)13-12-19-8-4-2-5-9-19/h2-13,18,21H,14-17H2,1H3,(H,25,28)(H,26,30)/b13-12+. The Bertz CT molecular complexity index is 896. The number of amides is 3. The van der Waals surface area contributed by atoms with E-state index >= 15 is 0 Å². The van der Waals surface area contributed by atoms with E-state index in [2.05, 4.69) is 10.6 Å². The molecular formula is C24H27N3O3. The van der Waals surface area contributed by atoms with Gasteiger partial charge in [-0.3, -0.25) is 14.4 Å². The summed E-state index contributed by atoms with van der Waals surface area (Å²) in [6.45, 7) is 3.04. The van der Waals surface area contributed by atoms with Crippen LogP contribution in [0.2, 0.25) is 0 Å². The first-order valence-corrected chi connectivity index (χ1v) is 10.2. The maximum absolute atomic E-state index is 12.4. The van der Waals surface area contributed by atoms with Gasteiger partial charge in [0.2, 0.25) is 17.7 Å². The third-order valence-electron chi connectivity index (χ3n) is 5.23. The zero-order valence-electron chi connectivity index (χ0n) is 17.1. The molecular weight excluding hydrogens is 378 g/mol. The number of carbonyl (C=O) groups is 3. The zero-order chi connectivity index (χ0) is 21.3. The number of benzene rings is 2. The maximum atomic E-state index is 12.4. The molecule has 2 aromatic rings. The Morgan fingerprint density at radius 1 is 1.03 bits per heavy atom. The highest BCUT2D eigenvalue weighted by Gasteiger charge is 2.36. The Balaban J connectivity index is 1.39. The van der Waals surface area contributed by atoms with Crippen LogP contribution >= 0.6 is 0 Å². The maximum Gasteiger partial charge on any atom is 0.244 e. The molecule has 2 atom stereocenters. The first kappa shape index (κ1) is 21.3. The lowest BCUT2D eigenvalue weighted by molar-refractivity contribution is -0.130. The van der Waals surface area contributed by atoms with E-state index in [1.807, 2.05) is 67.6 Å². The first-order valence-electron chi connectivity index (χ1n) is 10.2. The van der Waals surface area contributed by atoms with Crippen LogP contribution in [0.4, 0.5) is 0 Å². The van der Waals surface area contributed by atoms with Gasteiger partial charge in [0.25, 0.3) is 0 Å². The van der Waals surface area contributed by atoms with Crippen LogP contribution < -0.4 is 10.6 Å². The van der Waals surface area contributed by atoms with Crippen molar-refractivity contribution in [1.82, 2.24) is 15.5 Å². The molecule has 0 bridgehead atoms. The van der Waals surface area contributed by atoms with Gasteiger partial charge in [0.1, 0.15) is 0 Å². The van der Waals surface area contributed by atoms with Gasteiger partial charge in [0.15, 0.2) is 0 Å². The smallest absolute Gasteiger partial charge is 0.244 e. The average Bonchev–Trinajstić information content (AvgIpc) is 3.17. The van der Waals surface area contributed by atoms with E-state index < -0.39 is 0 Å². The van der Waals surface area contributed by atoms with E-state index in [0.29, 0.717) is 19.6 Å². The van der Waals surface area contributed by atoms with Crippen LogP contribution in [0.15, 0.2) is 66.7 Å². The highest BCUT2D eigenvalue weighted by atomic mass is 16.2. The van der Waals surface area contributed by atoms with Crippen molar-refractivity contribution in [3.63, 3.8) is 0 Å². The van der Waals surface area contributed by atoms with Crippen LogP contribution in [-0.2, 0) is 14.4 Å². The summed E-state index contributed by atoms with van der Waals surface area (Å²) in [5.41, 5.74) is 2.00. The van der Waals surface area contributed by atoms with Crippen molar-refractivity contribution in [1.29, 1.82) is 0 Å². The van der Waals surface area contributed by atoms with Crippen LogP contribution in [0.1, 0.15) is 30.5 Å². The molecule has 2 aromatic carbocycles. The predicted molar refractivity (Wildman–Crippen MR) is 116 cm³/mol. The highest BCUT2D eigenvalue weighted by Crippen LogP contribution is 2.28. The summed E-state index contributed by atoms with van der Waals surface area (Å²) in [6.07, 6.45) is 3.42. The molecule has 2 N–H and O–H groups in total. The van der Waals surface area contributed by atoms with Crippen LogP contribution in [0.5, 0.6) is 0 Å². The molecule has 3 amide bonds. The Labute approximate surface area is 177 Å². The minimum atomic E-state index is -0.364. The fourth-order valence-electron chi connectivity index (χ4n) is 3.50. The third-order valence-corrected chi connectivity index (χ3v) is 5.23. The van der Waals surface area contributed by atoms with E-state index in [1.54, 1.807) is 11.0 Å². The molecule has 0 aliphatic carbocycles. The van der Waals surface area contributed by atoms with E-state index in [9.17, 15) is 14.4 Å². The molecule has 156 valence electrons. The highest BCUT2D eigenvalue weighted by molar-refractivity contribution is 5.92. The van der Waals surface area contributed by atoms with Gasteiger partial charge in [0.05, 0.1) is 12.0 Å². The Hall–Kier alpha value is -3.41. The molecule has 0 aromatic heterocycles. The average molecular weight is 405 g/mol. The van der Waals surface area contributed by atoms with Gasteiger partial charge in [-0.25, -0.2) is 0 Å². The summed E-state index contributed by atoms with van der Waals surface area (Å²) in [6, 6.07) is 19.3. The normalized spacial score (nSPS) is 17.2. The number of rotatable bonds is 8. The molecule has 30 heavy (non-hydrogen) atoms. The van der Waals surface area contributed by atoms with Crippen molar-refractivity contribution in [2.24, 2.45) is 5.92 Å². The second-order valence-electron chi connectivity index (χ2n) is 7.36. The van der Waals surface area contributed by atoms with Crippen molar-refractivity contribution < 1.29 is 14.4 Å². The second kappa shape index (κ2) is 10.4. The van der Waals surface area contributed by atoms with Crippen LogP contribution in [0.25, 0.3) is 6.08 Å². The lowest BCUT2D eigenvalue weighted by Crippen LogP contribution is -2.38. The molecule has 2 unspecified atom stereocenters. The molecule has 1 fully saturated rings. The molecule has 0 radical (unpaired) electrons. The lowest BCUT2D eigenvalue weighted by Gasteiger charge is -2.25. The number of carbonyl (C=O) groups excluding carboxylic acids is 3. The number of hydrogen-bond acceptors (Lipinski definition) is 3. The number of nitrogens with one attached hydrogen (secondary N) is 2. The van der Waals surface area contributed by atoms with Crippen LogP contribution in [-0.4, -0.2) is 42.3 Å². The quantitative estimate of drug-likeness (QED) is 0.523. The van der Waals surface area contributed by atoms with E-state index in [0.717, 1.165) is 11.1 Å². The van der Waals surface area contributed by atoms with Crippen molar-refractivity contribution in [2.75, 3.05) is 19.6 Å². The SMILES string of the molecule is CC(c1ccccc1)N1CC(C(=O)NCCNC(=O)/C=C/c2ccccc2)CC1=O. The zero-order valence-corrected chi connectivity index (χ0v) is 17.1. The summed E-state index contributed by atoms with van der Waals surface area (Å²) in [4.78, 5) is 38.4. The minimum absolute atomic E-state index is 0.00847. The monoisotopic (exact) mass is 405 g/mol. The third kappa shape index (κ3) is 5.80. The summed E-state index contributed by atoms with van der Waals surface area (Å²) in [5, 5.41) is 5.56. The lowest BCUT2D eigenvalue weighted by atomic mass is 10.1. The topological polar surface area (TPSA) is 78.5 Å². The number of nitrogens with zero attached hydrogens (tertiary/aromatic N) is 1. The first-order chi connectivity index (χ1) is 14.5. The van der Waals surface area contributed by atoms with Gasteiger partial charge in [0, 0.05) is 32.1 Å². The van der Waals surface area contributed by atoms with E-state index in [1.165, 1.54) is 6.08 Å². The molecule has 6 heteroatoms. The Morgan fingerprint density at radius 2 is 1.67 bits per heavy atom. The van der Waals surface area contributed by atoms with Gasteiger partial charge in [-0.2, -0.15) is 0 Å². The molecule has 1 aliphatic rings. The summed E-state index contributed by atoms with van der Waals surface area (Å²) in [5.74, 6) is -0.740. The van der Waals surface area contributed by atoms with Crippen molar-refractivity contribution >= 4 is 23.8 Å². The van der Waals surface area contributed by atoms with Gasteiger partial charge >= 0.3 is 0 Å². The summed E-state index contributed by atoms with van der Waals surface area (Å²) < 4.78 is 0. The molecule has 1 heterocycles. The Kier molecular flexibility index (Phi) is 7.38. The van der Waals surface area contributed by atoms with Crippen molar-refractivity contribution in [2.45, 2.75) is 19.4 Å². The second-order valence-corrected chi connectivity index (χ2v) is 7.36. The van der Waals surface area contributed by atoms with Gasteiger partial charge < -0.3 is 15.5 Å². The van der Waals surface area contributed by atoms with Crippen LogP contribution in [0, 0.1) is 5.92 Å². The van der Waals surface area contributed by atoms with E-state index in [-0.39, 0.29) is 36.1 Å². The fourth-order valence-corrected chi connectivity index (χ4v) is 3.50. The van der Waals surface area contributed by atoms with E-state index in [4.69, 9.17) is 0 Å². The molecule has 1 aliphatic heterocycles. The summed E-state index contributed by atoms with van der Waals surface area (Å²) in [7, 11) is 0. The van der Waals surface area contributed by atoms with Crippen LogP contribution in [0.3, 0.4) is 0 Å². The predicted octanol–water partition coefficient (Wildman–Crippen LogP) is 2.54. The fraction of sp³-hybridized carbons (Fsp3) is 0.292. The summed E-state index contributed by atoms with van der Waals surface area (Å²) >= 11 is 0. The molecule has 1 saturated heterocycles. The molecule has 3 rings (SSSR count). The van der Waals surface area contributed by atoms with Crippen molar-refractivity contribution in [3.8, 4) is 0 Å². The van der Waals surface area contributed by atoms with Crippen molar-refractivity contribution in [3.05, 3.63) is 77.9 Å². The molecule has 0 spiro atoms.